The van der Waals surface area contributed by atoms with Gasteiger partial charge in [0, 0.05) is 32.5 Å². The second-order valence-electron chi connectivity index (χ2n) is 7.63. The number of hydrogen-bond acceptors (Lipinski definition) is 7. The third-order valence-corrected chi connectivity index (χ3v) is 6.46. The smallest absolute Gasteiger partial charge is 0.338 e. The van der Waals surface area contributed by atoms with E-state index in [9.17, 15) is 9.59 Å². The van der Waals surface area contributed by atoms with Crippen molar-refractivity contribution < 1.29 is 9.53 Å². The molecule has 0 fully saturated rings. The summed E-state index contributed by atoms with van der Waals surface area (Å²) in [5.41, 5.74) is 3.39. The summed E-state index contributed by atoms with van der Waals surface area (Å²) in [5, 5.41) is 4.27. The first-order valence-corrected chi connectivity index (χ1v) is 11.1. The zero-order chi connectivity index (χ0) is 23.0. The molecule has 1 aliphatic rings. The van der Waals surface area contributed by atoms with Crippen LogP contribution in [0, 0.1) is 0 Å². The average molecular weight is 452 g/mol. The van der Waals surface area contributed by atoms with Crippen molar-refractivity contribution in [3.63, 3.8) is 0 Å². The summed E-state index contributed by atoms with van der Waals surface area (Å²) < 4.78 is 9.00. The second kappa shape index (κ2) is 8.58. The summed E-state index contributed by atoms with van der Waals surface area (Å²) in [6.45, 7) is 4.47. The fraction of sp³-hybridized carbons (Fsp3) is 0.304. The van der Waals surface area contributed by atoms with Crippen LogP contribution in [0.25, 0.3) is 6.08 Å². The maximum atomic E-state index is 13.5. The Hall–Kier alpha value is -3.46. The molecule has 0 saturated heterocycles. The van der Waals surface area contributed by atoms with Crippen molar-refractivity contribution >= 4 is 29.1 Å². The van der Waals surface area contributed by atoms with Gasteiger partial charge < -0.3 is 9.64 Å². The van der Waals surface area contributed by atoms with E-state index in [4.69, 9.17) is 4.74 Å². The number of aromatic nitrogens is 3. The SMILES string of the molecule is CCn1nccc1/C=c1/sc2n(c1=O)[C@H](c1ccc(N(C)C)cc1)C(C(=O)OC)=C(C)N=2. The van der Waals surface area contributed by atoms with Crippen LogP contribution in [-0.4, -0.2) is 41.5 Å². The molecular formula is C23H25N5O3S. The standard InChI is InChI=1S/C23H25N5O3S/c1-6-27-17(11-12-24-27)13-18-21(29)28-20(15-7-9-16(10-8-15)26(3)4)19(22(30)31-5)14(2)25-23(28)32-18/h7-13,20H,6H2,1-5H3/b18-13+/t20-/m1/s1. The second-order valence-corrected chi connectivity index (χ2v) is 8.64. The van der Waals surface area contributed by atoms with Crippen LogP contribution in [0.4, 0.5) is 5.69 Å². The Balaban J connectivity index is 1.95. The number of aryl methyl sites for hydroxylation is 1. The Bertz CT molecular complexity index is 1380. The highest BCUT2D eigenvalue weighted by atomic mass is 32.1. The zero-order valence-corrected chi connectivity index (χ0v) is 19.5. The molecule has 32 heavy (non-hydrogen) atoms. The van der Waals surface area contributed by atoms with Crippen molar-refractivity contribution in [3.8, 4) is 0 Å². The van der Waals surface area contributed by atoms with Gasteiger partial charge in [-0.3, -0.25) is 14.0 Å². The maximum Gasteiger partial charge on any atom is 0.338 e. The molecule has 0 aliphatic carbocycles. The van der Waals surface area contributed by atoms with Gasteiger partial charge in [-0.05, 0) is 43.7 Å². The minimum atomic E-state index is -0.617. The largest absolute Gasteiger partial charge is 0.466 e. The van der Waals surface area contributed by atoms with Gasteiger partial charge in [-0.15, -0.1) is 0 Å². The molecular weight excluding hydrogens is 426 g/mol. The molecule has 2 aromatic heterocycles. The van der Waals surface area contributed by atoms with Gasteiger partial charge in [-0.2, -0.15) is 5.10 Å². The Morgan fingerprint density at radius 1 is 1.25 bits per heavy atom. The number of ether oxygens (including phenoxy) is 1. The topological polar surface area (TPSA) is 81.7 Å². The Labute approximate surface area is 189 Å². The van der Waals surface area contributed by atoms with Gasteiger partial charge in [-0.25, -0.2) is 9.79 Å². The summed E-state index contributed by atoms with van der Waals surface area (Å²) in [4.78, 5) is 33.4. The molecule has 0 bridgehead atoms. The first-order valence-electron chi connectivity index (χ1n) is 10.3. The molecule has 9 heteroatoms. The van der Waals surface area contributed by atoms with Crippen LogP contribution in [0.5, 0.6) is 0 Å². The number of allylic oxidation sites excluding steroid dienone is 1. The summed E-state index contributed by atoms with van der Waals surface area (Å²) in [6, 6.07) is 9.05. The molecule has 0 amide bonds. The Morgan fingerprint density at radius 2 is 1.97 bits per heavy atom. The third-order valence-electron chi connectivity index (χ3n) is 5.48. The fourth-order valence-electron chi connectivity index (χ4n) is 3.83. The maximum absolute atomic E-state index is 13.5. The highest BCUT2D eigenvalue weighted by Gasteiger charge is 2.33. The van der Waals surface area contributed by atoms with Crippen LogP contribution in [0.3, 0.4) is 0 Å². The van der Waals surface area contributed by atoms with E-state index in [0.717, 1.165) is 16.9 Å². The van der Waals surface area contributed by atoms with E-state index in [0.29, 0.717) is 27.1 Å². The quantitative estimate of drug-likeness (QED) is 0.552. The number of methoxy groups -OCH3 is 1. The van der Waals surface area contributed by atoms with Gasteiger partial charge in [0.15, 0.2) is 4.80 Å². The lowest BCUT2D eigenvalue weighted by molar-refractivity contribution is -0.136. The molecule has 0 N–H and O–H groups in total. The molecule has 0 spiro atoms. The lowest BCUT2D eigenvalue weighted by Gasteiger charge is -2.25. The van der Waals surface area contributed by atoms with Crippen LogP contribution >= 0.6 is 11.3 Å². The van der Waals surface area contributed by atoms with Crippen LogP contribution in [0.15, 0.2) is 57.6 Å². The van der Waals surface area contributed by atoms with Crippen molar-refractivity contribution in [3.05, 3.63) is 78.7 Å². The predicted molar refractivity (Wildman–Crippen MR) is 124 cm³/mol. The van der Waals surface area contributed by atoms with E-state index in [1.807, 2.05) is 67.0 Å². The number of rotatable bonds is 5. The van der Waals surface area contributed by atoms with Crippen LogP contribution in [-0.2, 0) is 16.1 Å². The van der Waals surface area contributed by atoms with Crippen molar-refractivity contribution in [1.82, 2.24) is 14.3 Å². The molecule has 4 rings (SSSR count). The van der Waals surface area contributed by atoms with Crippen molar-refractivity contribution in [2.24, 2.45) is 4.99 Å². The number of thiazole rings is 1. The molecule has 8 nitrogen and oxygen atoms in total. The summed E-state index contributed by atoms with van der Waals surface area (Å²) in [7, 11) is 5.26. The lowest BCUT2D eigenvalue weighted by atomic mass is 9.95. The summed E-state index contributed by atoms with van der Waals surface area (Å²) in [6.07, 6.45) is 3.53. The number of fused-ring (bicyclic) bond motifs is 1. The number of carbonyl (C=O) groups is 1. The molecule has 3 aromatic rings. The Morgan fingerprint density at radius 3 is 2.59 bits per heavy atom. The third kappa shape index (κ3) is 3.69. The average Bonchev–Trinajstić information content (AvgIpc) is 3.36. The van der Waals surface area contributed by atoms with E-state index < -0.39 is 12.0 Å². The number of benzene rings is 1. The minimum Gasteiger partial charge on any atom is -0.466 e. The van der Waals surface area contributed by atoms with Crippen LogP contribution < -0.4 is 19.8 Å². The van der Waals surface area contributed by atoms with Crippen molar-refractivity contribution in [1.29, 1.82) is 0 Å². The van der Waals surface area contributed by atoms with Crippen LogP contribution in [0.1, 0.15) is 31.1 Å². The van der Waals surface area contributed by atoms with E-state index in [1.165, 1.54) is 18.4 Å². The Kier molecular flexibility index (Phi) is 5.84. The molecule has 0 saturated carbocycles. The molecule has 3 heterocycles. The molecule has 0 unspecified atom stereocenters. The number of esters is 1. The van der Waals surface area contributed by atoms with Crippen molar-refractivity contribution in [2.45, 2.75) is 26.4 Å². The van der Waals surface area contributed by atoms with Gasteiger partial charge in [-0.1, -0.05) is 23.5 Å². The molecule has 166 valence electrons. The van der Waals surface area contributed by atoms with E-state index in [2.05, 4.69) is 10.1 Å². The zero-order valence-electron chi connectivity index (χ0n) is 18.7. The minimum absolute atomic E-state index is 0.201. The van der Waals surface area contributed by atoms with Gasteiger partial charge >= 0.3 is 5.97 Å². The van der Waals surface area contributed by atoms with E-state index in [-0.39, 0.29) is 5.56 Å². The summed E-state index contributed by atoms with van der Waals surface area (Å²) >= 11 is 1.30. The first-order chi connectivity index (χ1) is 15.3. The van der Waals surface area contributed by atoms with Gasteiger partial charge in [0.2, 0.25) is 0 Å². The van der Waals surface area contributed by atoms with Crippen LogP contribution in [0.2, 0.25) is 0 Å². The monoisotopic (exact) mass is 451 g/mol. The highest BCUT2D eigenvalue weighted by Crippen LogP contribution is 2.31. The van der Waals surface area contributed by atoms with Gasteiger partial charge in [0.05, 0.1) is 34.6 Å². The normalized spacial score (nSPS) is 16.0. The number of carbonyl (C=O) groups excluding carboxylic acids is 1. The van der Waals surface area contributed by atoms with E-state index in [1.54, 1.807) is 17.7 Å². The first kappa shape index (κ1) is 21.8. The number of hydrogen-bond donors (Lipinski definition) is 0. The highest BCUT2D eigenvalue weighted by molar-refractivity contribution is 7.07. The number of nitrogens with zero attached hydrogens (tertiary/aromatic N) is 5. The van der Waals surface area contributed by atoms with E-state index >= 15 is 0 Å². The fourth-order valence-corrected chi connectivity index (χ4v) is 4.86. The molecule has 1 aliphatic heterocycles. The molecule has 1 aromatic carbocycles. The molecule has 1 atom stereocenters. The predicted octanol–water partition coefficient (Wildman–Crippen LogP) is 1.69. The van der Waals surface area contributed by atoms with Gasteiger partial charge in [0.1, 0.15) is 0 Å². The summed E-state index contributed by atoms with van der Waals surface area (Å²) in [5.74, 6) is -0.494. The van der Waals surface area contributed by atoms with Gasteiger partial charge in [0.25, 0.3) is 5.56 Å². The lowest BCUT2D eigenvalue weighted by Crippen LogP contribution is -2.39. The molecule has 0 radical (unpaired) electrons. The van der Waals surface area contributed by atoms with Crippen molar-refractivity contribution in [2.75, 3.05) is 26.1 Å². The number of anilines is 1.